The lowest BCUT2D eigenvalue weighted by atomic mass is 10.1. The van der Waals surface area contributed by atoms with E-state index in [1.54, 1.807) is 0 Å². The summed E-state index contributed by atoms with van der Waals surface area (Å²) in [7, 11) is 0. The van der Waals surface area contributed by atoms with Gasteiger partial charge in [0, 0.05) is 31.6 Å². The van der Waals surface area contributed by atoms with Gasteiger partial charge in [0.15, 0.2) is 0 Å². The summed E-state index contributed by atoms with van der Waals surface area (Å²) in [6.07, 6.45) is -0.320. The smallest absolute Gasteiger partial charge is 0.353 e. The fourth-order valence-electron chi connectivity index (χ4n) is 2.90. The summed E-state index contributed by atoms with van der Waals surface area (Å²) in [6, 6.07) is 4.75. The number of alkyl halides is 3. The maximum absolute atomic E-state index is 12.8. The molecule has 0 spiro atoms. The Morgan fingerprint density at radius 3 is 2.50 bits per heavy atom. The van der Waals surface area contributed by atoms with Crippen LogP contribution in [0.2, 0.25) is 0 Å². The normalized spacial score (nSPS) is 15.3. The summed E-state index contributed by atoms with van der Waals surface area (Å²) in [5.41, 5.74) is -0.673. The van der Waals surface area contributed by atoms with Crippen LogP contribution in [0.25, 0.3) is 0 Å². The molecule has 1 N–H and O–H groups in total. The van der Waals surface area contributed by atoms with Crippen LogP contribution in [0.5, 0.6) is 0 Å². The van der Waals surface area contributed by atoms with Crippen molar-refractivity contribution in [3.8, 4) is 0 Å². The largest absolute Gasteiger partial charge is 0.416 e. The topological polar surface area (TPSA) is 49.4 Å². The summed E-state index contributed by atoms with van der Waals surface area (Å²) in [5.74, 6) is -0.580. The van der Waals surface area contributed by atoms with Crippen LogP contribution in [-0.2, 0) is 15.8 Å². The average Bonchev–Trinajstić information content (AvgIpc) is 2.99. The van der Waals surface area contributed by atoms with Gasteiger partial charge in [0.25, 0.3) is 0 Å². The summed E-state index contributed by atoms with van der Waals surface area (Å²) < 4.78 is 38.4. The molecule has 0 saturated heterocycles. The predicted molar refractivity (Wildman–Crippen MR) is 84.5 cm³/mol. The number of halogens is 3. The molecule has 0 aromatic heterocycles. The van der Waals surface area contributed by atoms with Gasteiger partial charge >= 0.3 is 6.18 Å². The first-order valence-corrected chi connectivity index (χ1v) is 8.02. The quantitative estimate of drug-likeness (QED) is 0.890. The van der Waals surface area contributed by atoms with Gasteiger partial charge in [-0.05, 0) is 31.0 Å². The molecule has 0 aliphatic heterocycles. The van der Waals surface area contributed by atoms with Crippen LogP contribution in [0.3, 0.4) is 0 Å². The Bertz CT molecular complexity index is 596. The number of hydrogen-bond acceptors (Lipinski definition) is 2. The Labute approximate surface area is 139 Å². The SMILES string of the molecule is CC(=O)N(CCC(=O)NC1CCCC1)c1cccc(C(F)(F)F)c1. The lowest BCUT2D eigenvalue weighted by molar-refractivity contribution is -0.137. The predicted octanol–water partition coefficient (Wildman–Crippen LogP) is 3.51. The monoisotopic (exact) mass is 342 g/mol. The zero-order valence-corrected chi connectivity index (χ0v) is 13.5. The summed E-state index contributed by atoms with van der Waals surface area (Å²) in [5, 5.41) is 2.90. The molecule has 4 nitrogen and oxygen atoms in total. The van der Waals surface area contributed by atoms with Gasteiger partial charge in [-0.25, -0.2) is 0 Å². The fraction of sp³-hybridized carbons (Fsp3) is 0.529. The van der Waals surface area contributed by atoms with Gasteiger partial charge in [0.2, 0.25) is 11.8 Å². The average molecular weight is 342 g/mol. The highest BCUT2D eigenvalue weighted by atomic mass is 19.4. The number of benzene rings is 1. The number of carbonyl (C=O) groups is 2. The van der Waals surface area contributed by atoms with Crippen LogP contribution in [0.1, 0.15) is 44.6 Å². The standard InChI is InChI=1S/C17H21F3N2O2/c1-12(23)22(10-9-16(24)21-14-6-2-3-7-14)15-8-4-5-13(11-15)17(18,19)20/h4-5,8,11,14H,2-3,6-7,9-10H2,1H3,(H,21,24). The van der Waals surface area contributed by atoms with E-state index in [-0.39, 0.29) is 30.6 Å². The summed E-state index contributed by atoms with van der Waals surface area (Å²) in [4.78, 5) is 24.9. The first-order valence-electron chi connectivity index (χ1n) is 8.02. The highest BCUT2D eigenvalue weighted by Gasteiger charge is 2.31. The second-order valence-electron chi connectivity index (χ2n) is 6.02. The maximum Gasteiger partial charge on any atom is 0.416 e. The molecule has 2 rings (SSSR count). The number of nitrogens with zero attached hydrogens (tertiary/aromatic N) is 1. The van der Waals surface area contributed by atoms with Crippen LogP contribution >= 0.6 is 0 Å². The van der Waals surface area contributed by atoms with Gasteiger partial charge in [-0.2, -0.15) is 13.2 Å². The van der Waals surface area contributed by atoms with Gasteiger partial charge in [0.1, 0.15) is 0 Å². The van der Waals surface area contributed by atoms with Gasteiger partial charge in [-0.15, -0.1) is 0 Å². The van der Waals surface area contributed by atoms with E-state index in [0.717, 1.165) is 37.8 Å². The van der Waals surface area contributed by atoms with E-state index in [2.05, 4.69) is 5.32 Å². The van der Waals surface area contributed by atoms with Crippen molar-refractivity contribution >= 4 is 17.5 Å². The number of anilines is 1. The van der Waals surface area contributed by atoms with E-state index in [4.69, 9.17) is 0 Å². The van der Waals surface area contributed by atoms with E-state index in [9.17, 15) is 22.8 Å². The van der Waals surface area contributed by atoms with E-state index < -0.39 is 17.6 Å². The summed E-state index contributed by atoms with van der Waals surface area (Å²) >= 11 is 0. The highest BCUT2D eigenvalue weighted by Crippen LogP contribution is 2.31. The third-order valence-electron chi connectivity index (χ3n) is 4.15. The van der Waals surface area contributed by atoms with Gasteiger partial charge in [-0.3, -0.25) is 9.59 Å². The van der Waals surface area contributed by atoms with Crippen LogP contribution in [0, 0.1) is 0 Å². The molecule has 1 aromatic carbocycles. The van der Waals surface area contributed by atoms with Crippen molar-refractivity contribution in [1.82, 2.24) is 5.32 Å². The van der Waals surface area contributed by atoms with E-state index in [1.807, 2.05) is 0 Å². The molecular formula is C17H21F3N2O2. The van der Waals surface area contributed by atoms with Gasteiger partial charge in [0.05, 0.1) is 5.56 Å². The fourth-order valence-corrected chi connectivity index (χ4v) is 2.90. The van der Waals surface area contributed by atoms with Crippen LogP contribution < -0.4 is 10.2 Å². The highest BCUT2D eigenvalue weighted by molar-refractivity contribution is 5.92. The molecule has 1 aliphatic carbocycles. The zero-order valence-electron chi connectivity index (χ0n) is 13.5. The molecule has 2 amide bonds. The Morgan fingerprint density at radius 1 is 1.25 bits per heavy atom. The molecule has 1 fully saturated rings. The minimum absolute atomic E-state index is 0.0508. The number of nitrogens with one attached hydrogen (secondary N) is 1. The first kappa shape index (κ1) is 18.3. The molecule has 0 heterocycles. The van der Waals surface area contributed by atoms with E-state index in [0.29, 0.717) is 0 Å². The third kappa shape index (κ3) is 4.97. The summed E-state index contributed by atoms with van der Waals surface area (Å²) in [6.45, 7) is 1.32. The minimum Gasteiger partial charge on any atom is -0.353 e. The molecule has 1 aliphatic rings. The van der Waals surface area contributed by atoms with E-state index >= 15 is 0 Å². The van der Waals surface area contributed by atoms with Crippen molar-refractivity contribution in [3.63, 3.8) is 0 Å². The molecule has 0 bridgehead atoms. The Kier molecular flexibility index (Phi) is 5.85. The Balaban J connectivity index is 2.01. The molecular weight excluding hydrogens is 321 g/mol. The minimum atomic E-state index is -4.47. The van der Waals surface area contributed by atoms with Crippen molar-refractivity contribution in [2.75, 3.05) is 11.4 Å². The van der Waals surface area contributed by atoms with Crippen molar-refractivity contribution < 1.29 is 22.8 Å². The zero-order chi connectivity index (χ0) is 17.7. The van der Waals surface area contributed by atoms with Crippen molar-refractivity contribution in [2.24, 2.45) is 0 Å². The second kappa shape index (κ2) is 7.68. The molecule has 0 unspecified atom stereocenters. The lowest BCUT2D eigenvalue weighted by Crippen LogP contribution is -2.37. The van der Waals surface area contributed by atoms with Crippen molar-refractivity contribution in [3.05, 3.63) is 29.8 Å². The Morgan fingerprint density at radius 2 is 1.92 bits per heavy atom. The van der Waals surface area contributed by atoms with Crippen LogP contribution in [-0.4, -0.2) is 24.4 Å². The first-order chi connectivity index (χ1) is 11.3. The molecule has 0 radical (unpaired) electrons. The lowest BCUT2D eigenvalue weighted by Gasteiger charge is -2.22. The molecule has 1 aromatic rings. The Hall–Kier alpha value is -2.05. The van der Waals surface area contributed by atoms with Crippen molar-refractivity contribution in [1.29, 1.82) is 0 Å². The molecule has 24 heavy (non-hydrogen) atoms. The molecule has 1 saturated carbocycles. The molecule has 0 atom stereocenters. The number of rotatable bonds is 5. The number of hydrogen-bond donors (Lipinski definition) is 1. The number of amides is 2. The van der Waals surface area contributed by atoms with Crippen molar-refractivity contribution in [2.45, 2.75) is 51.2 Å². The van der Waals surface area contributed by atoms with Gasteiger partial charge in [-0.1, -0.05) is 18.9 Å². The molecule has 7 heteroatoms. The third-order valence-corrected chi connectivity index (χ3v) is 4.15. The van der Waals surface area contributed by atoms with Crippen LogP contribution in [0.15, 0.2) is 24.3 Å². The maximum atomic E-state index is 12.8. The molecule has 132 valence electrons. The van der Waals surface area contributed by atoms with Gasteiger partial charge < -0.3 is 10.2 Å². The van der Waals surface area contributed by atoms with Crippen LogP contribution in [0.4, 0.5) is 18.9 Å². The number of carbonyl (C=O) groups excluding carboxylic acids is 2. The second-order valence-corrected chi connectivity index (χ2v) is 6.02. The van der Waals surface area contributed by atoms with E-state index in [1.165, 1.54) is 24.0 Å².